The number of benzene rings is 1. The third-order valence-corrected chi connectivity index (χ3v) is 3.82. The second-order valence-electron chi connectivity index (χ2n) is 3.67. The SMILES string of the molecule is Oc1ccc2c(c1)NC1C=CCC=C1S2. The van der Waals surface area contributed by atoms with E-state index in [1.165, 1.54) is 9.80 Å². The topological polar surface area (TPSA) is 32.3 Å². The first-order chi connectivity index (χ1) is 7.33. The first kappa shape index (κ1) is 8.92. The monoisotopic (exact) mass is 217 g/mol. The number of phenols is 1. The highest BCUT2D eigenvalue weighted by Crippen LogP contribution is 2.43. The van der Waals surface area contributed by atoms with Crippen molar-refractivity contribution in [2.45, 2.75) is 17.4 Å². The van der Waals surface area contributed by atoms with Crippen molar-refractivity contribution < 1.29 is 5.11 Å². The third-order valence-electron chi connectivity index (χ3n) is 2.59. The highest BCUT2D eigenvalue weighted by molar-refractivity contribution is 8.03. The quantitative estimate of drug-likeness (QED) is 0.655. The zero-order chi connectivity index (χ0) is 10.3. The minimum Gasteiger partial charge on any atom is -0.508 e. The van der Waals surface area contributed by atoms with Gasteiger partial charge in [-0.2, -0.15) is 0 Å². The minimum atomic E-state index is 0.290. The van der Waals surface area contributed by atoms with Gasteiger partial charge in [0, 0.05) is 15.9 Å². The molecule has 0 aromatic heterocycles. The number of aromatic hydroxyl groups is 1. The first-order valence-corrected chi connectivity index (χ1v) is 5.79. The minimum absolute atomic E-state index is 0.290. The van der Waals surface area contributed by atoms with Gasteiger partial charge in [0.15, 0.2) is 0 Å². The lowest BCUT2D eigenvalue weighted by atomic mass is 10.1. The van der Waals surface area contributed by atoms with Crippen molar-refractivity contribution in [3.8, 4) is 5.75 Å². The summed E-state index contributed by atoms with van der Waals surface area (Å²) in [5.74, 6) is 0.314. The molecule has 1 aromatic rings. The average Bonchev–Trinajstić information content (AvgIpc) is 2.26. The zero-order valence-corrected chi connectivity index (χ0v) is 8.92. The molecular weight excluding hydrogens is 206 g/mol. The second kappa shape index (κ2) is 3.35. The summed E-state index contributed by atoms with van der Waals surface area (Å²) in [5, 5.41) is 12.8. The van der Waals surface area contributed by atoms with E-state index in [1.807, 2.05) is 6.07 Å². The van der Waals surface area contributed by atoms with Crippen LogP contribution >= 0.6 is 11.8 Å². The molecule has 15 heavy (non-hydrogen) atoms. The molecule has 3 rings (SSSR count). The van der Waals surface area contributed by atoms with Crippen LogP contribution in [0.5, 0.6) is 5.75 Å². The number of anilines is 1. The summed E-state index contributed by atoms with van der Waals surface area (Å²) < 4.78 is 0. The van der Waals surface area contributed by atoms with E-state index in [0.717, 1.165) is 12.1 Å². The summed E-state index contributed by atoms with van der Waals surface area (Å²) in [4.78, 5) is 2.54. The van der Waals surface area contributed by atoms with E-state index in [2.05, 4.69) is 23.5 Å². The number of rotatable bonds is 0. The number of thioether (sulfide) groups is 1. The van der Waals surface area contributed by atoms with Gasteiger partial charge in [-0.3, -0.25) is 0 Å². The molecule has 1 aromatic carbocycles. The maximum Gasteiger partial charge on any atom is 0.117 e. The molecule has 1 unspecified atom stereocenters. The van der Waals surface area contributed by atoms with E-state index in [0.29, 0.717) is 5.75 Å². The Morgan fingerprint density at radius 3 is 3.27 bits per heavy atom. The summed E-state index contributed by atoms with van der Waals surface area (Å²) >= 11 is 1.79. The van der Waals surface area contributed by atoms with Crippen molar-refractivity contribution in [2.75, 3.05) is 5.32 Å². The zero-order valence-electron chi connectivity index (χ0n) is 8.10. The van der Waals surface area contributed by atoms with Crippen LogP contribution in [0.3, 0.4) is 0 Å². The van der Waals surface area contributed by atoms with Gasteiger partial charge in [-0.1, -0.05) is 30.0 Å². The largest absolute Gasteiger partial charge is 0.508 e. The molecule has 0 radical (unpaired) electrons. The predicted molar refractivity (Wildman–Crippen MR) is 63.2 cm³/mol. The van der Waals surface area contributed by atoms with E-state index < -0.39 is 0 Å². The van der Waals surface area contributed by atoms with Crippen molar-refractivity contribution in [3.63, 3.8) is 0 Å². The van der Waals surface area contributed by atoms with Crippen molar-refractivity contribution in [3.05, 3.63) is 41.3 Å². The van der Waals surface area contributed by atoms with Crippen molar-refractivity contribution in [1.82, 2.24) is 0 Å². The lowest BCUT2D eigenvalue weighted by molar-refractivity contribution is 0.475. The lowest BCUT2D eigenvalue weighted by Gasteiger charge is -2.28. The number of nitrogens with one attached hydrogen (secondary N) is 1. The van der Waals surface area contributed by atoms with Gasteiger partial charge in [0.25, 0.3) is 0 Å². The van der Waals surface area contributed by atoms with Crippen LogP contribution in [0, 0.1) is 0 Å². The molecule has 76 valence electrons. The van der Waals surface area contributed by atoms with Gasteiger partial charge in [0.2, 0.25) is 0 Å². The fourth-order valence-electron chi connectivity index (χ4n) is 1.86. The third kappa shape index (κ3) is 1.53. The van der Waals surface area contributed by atoms with Crippen LogP contribution in [0.2, 0.25) is 0 Å². The molecule has 2 N–H and O–H groups in total. The number of phenolic OH excluding ortho intramolecular Hbond substituents is 1. The summed E-state index contributed by atoms with van der Waals surface area (Å²) in [6, 6.07) is 5.75. The molecule has 1 aliphatic heterocycles. The van der Waals surface area contributed by atoms with Gasteiger partial charge in [-0.25, -0.2) is 0 Å². The van der Waals surface area contributed by atoms with E-state index >= 15 is 0 Å². The Balaban J connectivity index is 2.03. The van der Waals surface area contributed by atoms with E-state index in [9.17, 15) is 5.11 Å². The molecular formula is C12H11NOS. The van der Waals surface area contributed by atoms with Crippen molar-refractivity contribution in [2.24, 2.45) is 0 Å². The highest BCUT2D eigenvalue weighted by Gasteiger charge is 2.22. The number of fused-ring (bicyclic) bond motifs is 2. The fourth-order valence-corrected chi connectivity index (χ4v) is 2.92. The van der Waals surface area contributed by atoms with Crippen LogP contribution < -0.4 is 5.32 Å². The van der Waals surface area contributed by atoms with Gasteiger partial charge < -0.3 is 10.4 Å². The van der Waals surface area contributed by atoms with Crippen LogP contribution in [0.15, 0.2) is 46.2 Å². The van der Waals surface area contributed by atoms with E-state index in [-0.39, 0.29) is 6.04 Å². The average molecular weight is 217 g/mol. The predicted octanol–water partition coefficient (Wildman–Crippen LogP) is 3.12. The smallest absolute Gasteiger partial charge is 0.117 e. The molecule has 3 heteroatoms. The molecule has 0 saturated heterocycles. The Morgan fingerprint density at radius 1 is 1.40 bits per heavy atom. The van der Waals surface area contributed by atoms with Gasteiger partial charge in [-0.15, -0.1) is 0 Å². The summed E-state index contributed by atoms with van der Waals surface area (Å²) in [6.45, 7) is 0. The maximum atomic E-state index is 9.40. The molecule has 1 aliphatic carbocycles. The van der Waals surface area contributed by atoms with Crippen molar-refractivity contribution in [1.29, 1.82) is 0 Å². The van der Waals surface area contributed by atoms with Gasteiger partial charge in [0.05, 0.1) is 11.7 Å². The summed E-state index contributed by atoms with van der Waals surface area (Å²) in [5.41, 5.74) is 1.02. The Bertz CT molecular complexity index is 465. The normalized spacial score (nSPS) is 22.4. The van der Waals surface area contributed by atoms with Gasteiger partial charge in [0.1, 0.15) is 5.75 Å². The Labute approximate surface area is 92.7 Å². The van der Waals surface area contributed by atoms with Crippen LogP contribution in [-0.2, 0) is 0 Å². The molecule has 0 amide bonds. The Hall–Kier alpha value is -1.35. The maximum absolute atomic E-state index is 9.40. The Morgan fingerprint density at radius 2 is 2.33 bits per heavy atom. The number of hydrogen-bond donors (Lipinski definition) is 2. The molecule has 1 heterocycles. The molecule has 0 bridgehead atoms. The molecule has 0 spiro atoms. The van der Waals surface area contributed by atoms with E-state index in [1.54, 1.807) is 23.9 Å². The van der Waals surface area contributed by atoms with Gasteiger partial charge >= 0.3 is 0 Å². The molecule has 0 saturated carbocycles. The summed E-state index contributed by atoms with van der Waals surface area (Å²) in [6.07, 6.45) is 7.61. The fraction of sp³-hybridized carbons (Fsp3) is 0.167. The first-order valence-electron chi connectivity index (χ1n) is 4.97. The highest BCUT2D eigenvalue weighted by atomic mass is 32.2. The van der Waals surface area contributed by atoms with Crippen LogP contribution in [0.1, 0.15) is 6.42 Å². The molecule has 1 atom stereocenters. The van der Waals surface area contributed by atoms with Crippen molar-refractivity contribution >= 4 is 17.4 Å². The number of hydrogen-bond acceptors (Lipinski definition) is 3. The van der Waals surface area contributed by atoms with Crippen LogP contribution in [-0.4, -0.2) is 11.1 Å². The van der Waals surface area contributed by atoms with Crippen LogP contribution in [0.25, 0.3) is 0 Å². The van der Waals surface area contributed by atoms with E-state index in [4.69, 9.17) is 0 Å². The molecule has 0 fully saturated rings. The second-order valence-corrected chi connectivity index (χ2v) is 4.79. The van der Waals surface area contributed by atoms with Crippen LogP contribution in [0.4, 0.5) is 5.69 Å². The lowest BCUT2D eigenvalue weighted by Crippen LogP contribution is -2.23. The standard InChI is InChI=1S/C12H11NOS/c14-8-5-6-12-10(7-8)13-9-3-1-2-4-11(9)15-12/h1,3-7,9,13-14H,2H2. The molecule has 2 nitrogen and oxygen atoms in total. The Kier molecular flexibility index (Phi) is 1.99. The molecule has 2 aliphatic rings. The number of allylic oxidation sites excluding steroid dienone is 2. The van der Waals surface area contributed by atoms with Gasteiger partial charge in [-0.05, 0) is 18.6 Å². The summed E-state index contributed by atoms with van der Waals surface area (Å²) in [7, 11) is 0.